The van der Waals surface area contributed by atoms with Crippen LogP contribution >= 0.6 is 18.7 Å². The Balaban J connectivity index is 1.91. The van der Waals surface area contributed by atoms with E-state index in [4.69, 9.17) is 16.3 Å². The minimum Gasteiger partial charge on any atom is -0.495 e. The highest BCUT2D eigenvalue weighted by Crippen LogP contribution is 2.38. The minimum atomic E-state index is -2.43. The molecule has 162 valence electrons. The second-order valence-electron chi connectivity index (χ2n) is 7.00. The number of anilines is 4. The smallest absolute Gasteiger partial charge is 0.253 e. The summed E-state index contributed by atoms with van der Waals surface area (Å²) in [6.07, 6.45) is 1.45. The van der Waals surface area contributed by atoms with E-state index in [1.807, 2.05) is 0 Å². The molecule has 0 unspecified atom stereocenters. The van der Waals surface area contributed by atoms with E-state index in [9.17, 15) is 9.36 Å². The predicted molar refractivity (Wildman–Crippen MR) is 126 cm³/mol. The third-order valence-electron chi connectivity index (χ3n) is 4.45. The number of benzene rings is 2. The first-order valence-corrected chi connectivity index (χ1v) is 12.3. The minimum absolute atomic E-state index is 0.236. The number of amides is 1. The average Bonchev–Trinajstić information content (AvgIpc) is 2.75. The van der Waals surface area contributed by atoms with Crippen LogP contribution in [0.2, 0.25) is 5.02 Å². The molecule has 3 N–H and O–H groups in total. The molecule has 0 saturated heterocycles. The first-order chi connectivity index (χ1) is 14.7. The van der Waals surface area contributed by atoms with Crippen LogP contribution in [0.15, 0.2) is 48.7 Å². The summed E-state index contributed by atoms with van der Waals surface area (Å²) >= 11 is 6.27. The molecule has 0 spiro atoms. The first-order valence-electron chi connectivity index (χ1n) is 9.34. The fourth-order valence-corrected chi connectivity index (χ4v) is 3.81. The van der Waals surface area contributed by atoms with Crippen LogP contribution in [0.25, 0.3) is 0 Å². The van der Waals surface area contributed by atoms with E-state index in [1.165, 1.54) is 13.3 Å². The molecule has 0 fully saturated rings. The van der Waals surface area contributed by atoms with Gasteiger partial charge in [0.2, 0.25) is 5.95 Å². The number of methoxy groups -OCH3 is 1. The predicted octanol–water partition coefficient (Wildman–Crippen LogP) is 4.23. The van der Waals surface area contributed by atoms with E-state index in [0.29, 0.717) is 33.8 Å². The van der Waals surface area contributed by atoms with Gasteiger partial charge in [-0.05, 0) is 43.7 Å². The first kappa shape index (κ1) is 22.6. The molecule has 0 bridgehead atoms. The van der Waals surface area contributed by atoms with Gasteiger partial charge in [-0.2, -0.15) is 4.98 Å². The van der Waals surface area contributed by atoms with Crippen molar-refractivity contribution < 1.29 is 14.1 Å². The monoisotopic (exact) mass is 459 g/mol. The van der Waals surface area contributed by atoms with Crippen molar-refractivity contribution in [1.82, 2.24) is 15.3 Å². The van der Waals surface area contributed by atoms with Crippen LogP contribution in [-0.2, 0) is 4.57 Å². The third kappa shape index (κ3) is 5.34. The molecule has 2 aromatic carbocycles. The Bertz CT molecular complexity index is 1170. The standard InChI is InChI=1S/C21H23ClN5O3P/c1-23-20(28)14-7-5-6-8-16(14)25-19-15(22)12-24-21(27-19)26-17-10-9-13(31(3,4)29)11-18(17)30-2/h5-12H,1-4H3,(H,23,28)(H2,24,25,26,27). The molecule has 10 heteroatoms. The van der Waals surface area contributed by atoms with Crippen molar-refractivity contribution in [3.8, 4) is 5.75 Å². The normalized spacial score (nSPS) is 11.0. The lowest BCUT2D eigenvalue weighted by molar-refractivity contribution is 0.0964. The van der Waals surface area contributed by atoms with Gasteiger partial charge in [0, 0.05) is 12.4 Å². The third-order valence-corrected chi connectivity index (χ3v) is 6.25. The summed E-state index contributed by atoms with van der Waals surface area (Å²) in [4.78, 5) is 20.8. The Hall–Kier alpha value is -3.09. The van der Waals surface area contributed by atoms with Crippen LogP contribution in [0.1, 0.15) is 10.4 Å². The van der Waals surface area contributed by atoms with Gasteiger partial charge < -0.3 is 25.3 Å². The van der Waals surface area contributed by atoms with E-state index >= 15 is 0 Å². The summed E-state index contributed by atoms with van der Waals surface area (Å²) in [5.74, 6) is 0.879. The van der Waals surface area contributed by atoms with E-state index < -0.39 is 7.14 Å². The molecule has 1 amide bonds. The van der Waals surface area contributed by atoms with Crippen molar-refractivity contribution in [1.29, 1.82) is 0 Å². The maximum atomic E-state index is 12.4. The van der Waals surface area contributed by atoms with Gasteiger partial charge >= 0.3 is 0 Å². The molecule has 0 atom stereocenters. The molecule has 1 aromatic heterocycles. The summed E-state index contributed by atoms with van der Waals surface area (Å²) in [7, 11) is 0.668. The van der Waals surface area contributed by atoms with Gasteiger partial charge in [-0.25, -0.2) is 4.98 Å². The lowest BCUT2D eigenvalue weighted by atomic mass is 10.1. The molecule has 0 aliphatic heterocycles. The Morgan fingerprint density at radius 1 is 1.10 bits per heavy atom. The largest absolute Gasteiger partial charge is 0.495 e. The number of nitrogens with zero attached hydrogens (tertiary/aromatic N) is 2. The van der Waals surface area contributed by atoms with Gasteiger partial charge in [-0.1, -0.05) is 23.7 Å². The van der Waals surface area contributed by atoms with Crippen molar-refractivity contribution in [2.24, 2.45) is 0 Å². The average molecular weight is 460 g/mol. The van der Waals surface area contributed by atoms with Crippen molar-refractivity contribution >= 4 is 53.1 Å². The van der Waals surface area contributed by atoms with Crippen molar-refractivity contribution in [3.05, 3.63) is 59.2 Å². The van der Waals surface area contributed by atoms with E-state index in [1.54, 1.807) is 62.8 Å². The lowest BCUT2D eigenvalue weighted by Gasteiger charge is -2.15. The second-order valence-corrected chi connectivity index (χ2v) is 10.6. The molecule has 3 rings (SSSR count). The maximum Gasteiger partial charge on any atom is 0.253 e. The number of carbonyl (C=O) groups excluding carboxylic acids is 1. The van der Waals surface area contributed by atoms with E-state index in [0.717, 1.165) is 0 Å². The van der Waals surface area contributed by atoms with Gasteiger partial charge in [0.1, 0.15) is 17.9 Å². The number of carbonyl (C=O) groups is 1. The SMILES string of the molecule is CNC(=O)c1ccccc1Nc1nc(Nc2ccc(P(C)(C)=O)cc2OC)ncc1Cl. The molecule has 31 heavy (non-hydrogen) atoms. The highest BCUT2D eigenvalue weighted by atomic mass is 35.5. The molecular formula is C21H23ClN5O3P. The van der Waals surface area contributed by atoms with E-state index in [2.05, 4.69) is 25.9 Å². The number of hydrogen-bond acceptors (Lipinski definition) is 7. The van der Waals surface area contributed by atoms with Crippen LogP contribution in [0.4, 0.5) is 23.1 Å². The highest BCUT2D eigenvalue weighted by Gasteiger charge is 2.16. The Labute approximate surface area is 185 Å². The zero-order valence-corrected chi connectivity index (χ0v) is 19.2. The van der Waals surface area contributed by atoms with Gasteiger partial charge in [-0.15, -0.1) is 0 Å². The number of para-hydroxylation sites is 1. The number of hydrogen-bond donors (Lipinski definition) is 3. The Kier molecular flexibility index (Phi) is 6.83. The number of ether oxygens (including phenoxy) is 1. The molecule has 8 nitrogen and oxygen atoms in total. The van der Waals surface area contributed by atoms with Gasteiger partial charge in [-0.3, -0.25) is 4.79 Å². The lowest BCUT2D eigenvalue weighted by Crippen LogP contribution is -2.19. The summed E-state index contributed by atoms with van der Waals surface area (Å²) in [5.41, 5.74) is 1.62. The second kappa shape index (κ2) is 9.37. The molecule has 0 saturated carbocycles. The topological polar surface area (TPSA) is 105 Å². The summed E-state index contributed by atoms with van der Waals surface area (Å²) in [5, 5.41) is 9.78. The molecular weight excluding hydrogens is 437 g/mol. The van der Waals surface area contributed by atoms with Crippen LogP contribution in [0, 0.1) is 0 Å². The quantitative estimate of drug-likeness (QED) is 0.454. The number of halogens is 1. The zero-order valence-electron chi connectivity index (χ0n) is 17.6. The fourth-order valence-electron chi connectivity index (χ4n) is 2.81. The van der Waals surface area contributed by atoms with Gasteiger partial charge in [0.15, 0.2) is 5.82 Å². The highest BCUT2D eigenvalue weighted by molar-refractivity contribution is 7.70. The molecule has 0 aliphatic rings. The van der Waals surface area contributed by atoms with Crippen LogP contribution in [0.5, 0.6) is 5.75 Å². The zero-order chi connectivity index (χ0) is 22.6. The van der Waals surface area contributed by atoms with Crippen molar-refractivity contribution in [2.45, 2.75) is 0 Å². The van der Waals surface area contributed by atoms with Crippen molar-refractivity contribution in [3.63, 3.8) is 0 Å². The maximum absolute atomic E-state index is 12.4. The Morgan fingerprint density at radius 3 is 2.52 bits per heavy atom. The van der Waals surface area contributed by atoms with Gasteiger partial charge in [0.25, 0.3) is 5.91 Å². The molecule has 3 aromatic rings. The summed E-state index contributed by atoms with van der Waals surface area (Å²) in [6.45, 7) is 3.40. The Morgan fingerprint density at radius 2 is 1.84 bits per heavy atom. The number of rotatable bonds is 7. The fraction of sp³-hybridized carbons (Fsp3) is 0.190. The van der Waals surface area contributed by atoms with E-state index in [-0.39, 0.29) is 16.9 Å². The van der Waals surface area contributed by atoms with Crippen LogP contribution < -0.4 is 26.0 Å². The van der Waals surface area contributed by atoms with Crippen LogP contribution in [0.3, 0.4) is 0 Å². The number of aromatic nitrogens is 2. The van der Waals surface area contributed by atoms with Crippen molar-refractivity contribution in [2.75, 3.05) is 38.1 Å². The summed E-state index contributed by atoms with van der Waals surface area (Å²) in [6, 6.07) is 12.3. The molecule has 0 aliphatic carbocycles. The molecule has 0 radical (unpaired) electrons. The number of nitrogens with one attached hydrogen (secondary N) is 3. The van der Waals surface area contributed by atoms with Crippen LogP contribution in [-0.4, -0.2) is 43.4 Å². The van der Waals surface area contributed by atoms with Gasteiger partial charge in [0.05, 0.1) is 30.2 Å². The summed E-state index contributed by atoms with van der Waals surface area (Å²) < 4.78 is 17.8. The molecule has 1 heterocycles.